The Hall–Kier alpha value is -3.26. The molecule has 8 nitrogen and oxygen atoms in total. The van der Waals surface area contributed by atoms with Crippen molar-refractivity contribution in [1.82, 2.24) is 5.32 Å². The maximum Gasteiger partial charge on any atom is 0.407 e. The molecule has 2 aromatic carbocycles. The quantitative estimate of drug-likeness (QED) is 0.398. The first kappa shape index (κ1) is 25.0. The number of methoxy groups -OCH3 is 3. The summed E-state index contributed by atoms with van der Waals surface area (Å²) >= 11 is 0. The number of esters is 1. The smallest absolute Gasteiger partial charge is 0.407 e. The maximum absolute atomic E-state index is 12.1. The average Bonchev–Trinajstić information content (AvgIpc) is 2.82. The van der Waals surface area contributed by atoms with Gasteiger partial charge in [-0.3, -0.25) is 4.79 Å². The minimum Gasteiger partial charge on any atom is -0.496 e. The fraction of sp³-hybridized carbons (Fsp3) is 0.417. The van der Waals surface area contributed by atoms with E-state index in [2.05, 4.69) is 5.32 Å². The molecule has 0 heterocycles. The standard InChI is InChI=1S/C24H31NO7/c1-5-6-11-32-24(28)25-19(14-22(27)31-4)17-7-9-18(10-8-17)23-20(29-2)12-16(15-26)13-21(23)30-3/h7-10,12-13,19,26H,5-6,11,14-15H2,1-4H3,(H,25,28). The van der Waals surface area contributed by atoms with Gasteiger partial charge in [0, 0.05) is 0 Å². The summed E-state index contributed by atoms with van der Waals surface area (Å²) in [5.41, 5.74) is 2.93. The Morgan fingerprint density at radius 2 is 1.66 bits per heavy atom. The highest BCUT2D eigenvalue weighted by Gasteiger charge is 2.21. The van der Waals surface area contributed by atoms with Crippen LogP contribution in [0.25, 0.3) is 11.1 Å². The van der Waals surface area contributed by atoms with E-state index in [1.54, 1.807) is 26.4 Å². The number of carbonyl (C=O) groups excluding carboxylic acids is 2. The lowest BCUT2D eigenvalue weighted by molar-refractivity contribution is -0.141. The lowest BCUT2D eigenvalue weighted by Crippen LogP contribution is -2.31. The molecule has 0 aromatic heterocycles. The molecule has 0 spiro atoms. The Labute approximate surface area is 188 Å². The number of hydrogen-bond donors (Lipinski definition) is 2. The molecule has 174 valence electrons. The summed E-state index contributed by atoms with van der Waals surface area (Å²) < 4.78 is 20.9. The zero-order valence-electron chi connectivity index (χ0n) is 19.0. The summed E-state index contributed by atoms with van der Waals surface area (Å²) in [6.07, 6.45) is 1.06. The first-order chi connectivity index (χ1) is 15.5. The van der Waals surface area contributed by atoms with Crippen LogP contribution in [0.15, 0.2) is 36.4 Å². The summed E-state index contributed by atoms with van der Waals surface area (Å²) in [5, 5.41) is 12.2. The molecule has 2 N–H and O–H groups in total. The van der Waals surface area contributed by atoms with Gasteiger partial charge in [-0.2, -0.15) is 0 Å². The molecular weight excluding hydrogens is 414 g/mol. The molecule has 0 saturated carbocycles. The van der Waals surface area contributed by atoms with E-state index in [0.29, 0.717) is 23.7 Å². The number of benzene rings is 2. The Morgan fingerprint density at radius 1 is 1.03 bits per heavy atom. The molecule has 0 aliphatic rings. The first-order valence-electron chi connectivity index (χ1n) is 10.4. The minimum atomic E-state index is -0.605. The molecule has 0 saturated heterocycles. The predicted molar refractivity (Wildman–Crippen MR) is 120 cm³/mol. The van der Waals surface area contributed by atoms with E-state index < -0.39 is 18.1 Å². The molecule has 32 heavy (non-hydrogen) atoms. The van der Waals surface area contributed by atoms with Crippen LogP contribution in [-0.2, 0) is 20.9 Å². The number of rotatable bonds is 11. The monoisotopic (exact) mass is 445 g/mol. The second-order valence-corrected chi connectivity index (χ2v) is 7.12. The summed E-state index contributed by atoms with van der Waals surface area (Å²) in [4.78, 5) is 24.0. The van der Waals surface area contributed by atoms with Crippen molar-refractivity contribution in [3.63, 3.8) is 0 Å². The Morgan fingerprint density at radius 3 is 2.16 bits per heavy atom. The number of aliphatic hydroxyl groups excluding tert-OH is 1. The van der Waals surface area contributed by atoms with Gasteiger partial charge in [0.05, 0.1) is 52.6 Å². The molecule has 0 aliphatic carbocycles. The van der Waals surface area contributed by atoms with Crippen LogP contribution in [0.3, 0.4) is 0 Å². The number of aliphatic hydroxyl groups is 1. The van der Waals surface area contributed by atoms with E-state index in [9.17, 15) is 14.7 Å². The van der Waals surface area contributed by atoms with Crippen molar-refractivity contribution >= 4 is 12.1 Å². The zero-order chi connectivity index (χ0) is 23.5. The van der Waals surface area contributed by atoms with Gasteiger partial charge in [-0.05, 0) is 35.2 Å². The third kappa shape index (κ3) is 6.62. The van der Waals surface area contributed by atoms with Gasteiger partial charge >= 0.3 is 12.1 Å². The second-order valence-electron chi connectivity index (χ2n) is 7.12. The van der Waals surface area contributed by atoms with Gasteiger partial charge in [0.25, 0.3) is 0 Å². The number of carbonyl (C=O) groups is 2. The SMILES string of the molecule is CCCCOC(=O)NC(CC(=O)OC)c1ccc(-c2c(OC)cc(CO)cc2OC)cc1. The Bertz CT molecular complexity index is 871. The van der Waals surface area contributed by atoms with Crippen molar-refractivity contribution in [3.05, 3.63) is 47.5 Å². The fourth-order valence-electron chi connectivity index (χ4n) is 3.22. The third-order valence-corrected chi connectivity index (χ3v) is 4.97. The normalized spacial score (nSPS) is 11.4. The van der Waals surface area contributed by atoms with Crippen LogP contribution >= 0.6 is 0 Å². The number of unbranched alkanes of at least 4 members (excludes halogenated alkanes) is 1. The summed E-state index contributed by atoms with van der Waals surface area (Å²) in [6.45, 7) is 2.18. The van der Waals surface area contributed by atoms with E-state index in [0.717, 1.165) is 29.5 Å². The zero-order valence-corrected chi connectivity index (χ0v) is 19.0. The van der Waals surface area contributed by atoms with Crippen molar-refractivity contribution in [3.8, 4) is 22.6 Å². The number of nitrogens with one attached hydrogen (secondary N) is 1. The Kier molecular flexibility index (Phi) is 9.81. The molecule has 1 atom stereocenters. The minimum absolute atomic E-state index is 0.0312. The number of ether oxygens (including phenoxy) is 4. The largest absolute Gasteiger partial charge is 0.496 e. The van der Waals surface area contributed by atoms with Crippen molar-refractivity contribution in [2.45, 2.75) is 38.8 Å². The van der Waals surface area contributed by atoms with Crippen LogP contribution in [0.2, 0.25) is 0 Å². The summed E-state index contributed by atoms with van der Waals surface area (Å²) in [6, 6.07) is 10.2. The molecule has 0 radical (unpaired) electrons. The lowest BCUT2D eigenvalue weighted by Gasteiger charge is -2.19. The predicted octanol–water partition coefficient (Wildman–Crippen LogP) is 3.99. The van der Waals surface area contributed by atoms with Gasteiger partial charge in [-0.1, -0.05) is 37.6 Å². The van der Waals surface area contributed by atoms with Gasteiger partial charge in [-0.15, -0.1) is 0 Å². The first-order valence-corrected chi connectivity index (χ1v) is 10.4. The molecule has 0 fully saturated rings. The molecule has 0 bridgehead atoms. The topological polar surface area (TPSA) is 103 Å². The molecule has 1 amide bonds. The lowest BCUT2D eigenvalue weighted by atomic mass is 9.97. The summed E-state index contributed by atoms with van der Waals surface area (Å²) in [5.74, 6) is 0.672. The summed E-state index contributed by atoms with van der Waals surface area (Å²) in [7, 11) is 4.40. The fourth-order valence-corrected chi connectivity index (χ4v) is 3.22. The van der Waals surface area contributed by atoms with Crippen LogP contribution in [0.5, 0.6) is 11.5 Å². The van der Waals surface area contributed by atoms with Gasteiger partial charge in [-0.25, -0.2) is 4.79 Å². The highest BCUT2D eigenvalue weighted by molar-refractivity contribution is 5.78. The van der Waals surface area contributed by atoms with Crippen molar-refractivity contribution in [2.24, 2.45) is 0 Å². The van der Waals surface area contributed by atoms with Gasteiger partial charge in [0.2, 0.25) is 0 Å². The van der Waals surface area contributed by atoms with E-state index in [4.69, 9.17) is 18.9 Å². The van der Waals surface area contributed by atoms with Crippen molar-refractivity contribution in [2.75, 3.05) is 27.9 Å². The van der Waals surface area contributed by atoms with Crippen LogP contribution < -0.4 is 14.8 Å². The van der Waals surface area contributed by atoms with E-state index in [1.165, 1.54) is 7.11 Å². The van der Waals surface area contributed by atoms with Gasteiger partial charge in [0.1, 0.15) is 11.5 Å². The molecular formula is C24H31NO7. The van der Waals surface area contributed by atoms with Crippen LogP contribution in [0.1, 0.15) is 43.4 Å². The highest BCUT2D eigenvalue weighted by Crippen LogP contribution is 2.40. The third-order valence-electron chi connectivity index (χ3n) is 4.97. The molecule has 2 rings (SSSR count). The number of hydrogen-bond acceptors (Lipinski definition) is 7. The van der Waals surface area contributed by atoms with E-state index in [-0.39, 0.29) is 13.0 Å². The van der Waals surface area contributed by atoms with Crippen molar-refractivity contribution < 1.29 is 33.6 Å². The van der Waals surface area contributed by atoms with E-state index >= 15 is 0 Å². The molecule has 1 unspecified atom stereocenters. The number of amides is 1. The Balaban J connectivity index is 2.32. The van der Waals surface area contributed by atoms with E-state index in [1.807, 2.05) is 31.2 Å². The highest BCUT2D eigenvalue weighted by atomic mass is 16.5. The van der Waals surface area contributed by atoms with Crippen LogP contribution in [0, 0.1) is 0 Å². The number of alkyl carbamates (subject to hydrolysis) is 1. The molecule has 8 heteroatoms. The van der Waals surface area contributed by atoms with Gasteiger partial charge < -0.3 is 29.4 Å². The average molecular weight is 446 g/mol. The molecule has 2 aromatic rings. The maximum atomic E-state index is 12.1. The van der Waals surface area contributed by atoms with Gasteiger partial charge in [0.15, 0.2) is 0 Å². The molecule has 0 aliphatic heterocycles. The second kappa shape index (κ2) is 12.6. The van der Waals surface area contributed by atoms with Crippen LogP contribution in [0.4, 0.5) is 4.79 Å². The van der Waals surface area contributed by atoms with Crippen LogP contribution in [-0.4, -0.2) is 45.1 Å². The van der Waals surface area contributed by atoms with Crippen molar-refractivity contribution in [1.29, 1.82) is 0 Å².